The van der Waals surface area contributed by atoms with Crippen LogP contribution < -0.4 is 4.74 Å². The molecular formula is C22H25BINO8. The Kier molecular flexibility index (Phi) is 6.74. The highest BCUT2D eigenvalue weighted by Crippen LogP contribution is 2.52. The third kappa shape index (κ3) is 3.93. The van der Waals surface area contributed by atoms with Crippen LogP contribution in [0, 0.1) is 21.3 Å². The molecule has 3 amide bonds. The molecule has 11 heteroatoms. The topological polar surface area (TPSA) is 123 Å². The van der Waals surface area contributed by atoms with Crippen molar-refractivity contribution in [2.45, 2.75) is 38.7 Å². The molecule has 4 atom stereocenters. The number of halogens is 1. The maximum atomic E-state index is 13.2. The third-order valence-electron chi connectivity index (χ3n) is 6.76. The van der Waals surface area contributed by atoms with Crippen molar-refractivity contribution in [1.29, 1.82) is 0 Å². The monoisotopic (exact) mass is 569 g/mol. The summed E-state index contributed by atoms with van der Waals surface area (Å²) in [6.07, 6.45) is 0.505. The van der Waals surface area contributed by atoms with Crippen LogP contribution in [0.15, 0.2) is 23.2 Å². The average molecular weight is 569 g/mol. The van der Waals surface area contributed by atoms with E-state index in [0.717, 1.165) is 19.1 Å². The molecule has 9 nitrogen and oxygen atoms in total. The molecule has 33 heavy (non-hydrogen) atoms. The predicted octanol–water partition coefficient (Wildman–Crippen LogP) is 2.97. The fraction of sp³-hybridized carbons (Fsp3) is 0.500. The number of ether oxygens (including phenoxy) is 2. The number of nitrogens with zero attached hydrogens (tertiary/aromatic N) is 1. The van der Waals surface area contributed by atoms with Gasteiger partial charge in [-0.1, -0.05) is 18.9 Å². The van der Waals surface area contributed by atoms with Gasteiger partial charge < -0.3 is 24.3 Å². The van der Waals surface area contributed by atoms with Crippen molar-refractivity contribution in [3.63, 3.8) is 0 Å². The first kappa shape index (κ1) is 24.0. The number of phenols is 1. The van der Waals surface area contributed by atoms with Gasteiger partial charge >= 0.3 is 13.2 Å². The van der Waals surface area contributed by atoms with Gasteiger partial charge in [-0.3, -0.25) is 9.59 Å². The lowest BCUT2D eigenvalue weighted by molar-refractivity contribution is -0.137. The average Bonchev–Trinajstić information content (AvgIpc) is 3.04. The molecule has 1 aliphatic carbocycles. The van der Waals surface area contributed by atoms with E-state index in [1.807, 2.05) is 29.5 Å². The number of amides is 3. The minimum atomic E-state index is -1.25. The number of fused-ring (bicyclic) bond motifs is 3. The standard InChI is InChI=1S/C22H25BINO8/c1-4-5-10-6-13-17(21(28)25(20(13)27)22(29)32-3)12-9-15(33-23(30)18(10)12)11-7-14(24)19(26)16(8-11)31-2/h7-8,12-13,15,17,26,30H,4-6,9H2,1-3H3/t12-,13-,15-,17+/m0/s1. The minimum Gasteiger partial charge on any atom is -0.504 e. The summed E-state index contributed by atoms with van der Waals surface area (Å²) in [5.41, 5.74) is 2.22. The zero-order chi connectivity index (χ0) is 24.0. The first-order valence-electron chi connectivity index (χ1n) is 10.8. The van der Waals surface area contributed by atoms with Crippen LogP contribution in [-0.4, -0.2) is 54.3 Å². The van der Waals surface area contributed by atoms with Crippen molar-refractivity contribution in [3.05, 3.63) is 32.3 Å². The Hall–Kier alpha value is -2.12. The molecule has 2 fully saturated rings. The normalized spacial score (nSPS) is 26.9. The highest BCUT2D eigenvalue weighted by atomic mass is 127. The Morgan fingerprint density at radius 2 is 2.00 bits per heavy atom. The Bertz CT molecular complexity index is 1040. The number of rotatable bonds is 4. The van der Waals surface area contributed by atoms with E-state index in [1.165, 1.54) is 7.11 Å². The van der Waals surface area contributed by atoms with Gasteiger partial charge in [0.25, 0.3) is 0 Å². The molecule has 0 saturated carbocycles. The molecule has 0 aromatic heterocycles. The number of phenolic OH excluding ortho intramolecular Hbond substituents is 1. The van der Waals surface area contributed by atoms with Gasteiger partial charge in [0.15, 0.2) is 11.5 Å². The smallest absolute Gasteiger partial charge is 0.487 e. The van der Waals surface area contributed by atoms with Crippen molar-refractivity contribution in [2.75, 3.05) is 14.2 Å². The van der Waals surface area contributed by atoms with Crippen molar-refractivity contribution < 1.29 is 38.6 Å². The molecule has 0 radical (unpaired) electrons. The summed E-state index contributed by atoms with van der Waals surface area (Å²) in [4.78, 5) is 39.0. The van der Waals surface area contributed by atoms with Crippen molar-refractivity contribution >= 4 is 47.6 Å². The molecule has 2 N–H and O–H groups in total. The van der Waals surface area contributed by atoms with Gasteiger partial charge in [0.1, 0.15) is 0 Å². The summed E-state index contributed by atoms with van der Waals surface area (Å²) < 4.78 is 16.5. The number of carbonyl (C=O) groups excluding carboxylic acids is 3. The molecule has 2 aliphatic heterocycles. The maximum absolute atomic E-state index is 13.2. The van der Waals surface area contributed by atoms with Gasteiger partial charge in [-0.25, -0.2) is 4.79 Å². The summed E-state index contributed by atoms with van der Waals surface area (Å²) in [6, 6.07) is 3.37. The van der Waals surface area contributed by atoms with E-state index >= 15 is 0 Å². The fourth-order valence-corrected chi connectivity index (χ4v) is 6.00. The largest absolute Gasteiger partial charge is 0.504 e. The van der Waals surface area contributed by atoms with Gasteiger partial charge in [0, 0.05) is 0 Å². The van der Waals surface area contributed by atoms with Gasteiger partial charge in [-0.05, 0) is 70.9 Å². The van der Waals surface area contributed by atoms with E-state index in [0.29, 0.717) is 38.8 Å². The van der Waals surface area contributed by atoms with Gasteiger partial charge in [0.2, 0.25) is 11.8 Å². The molecule has 2 saturated heterocycles. The summed E-state index contributed by atoms with van der Waals surface area (Å²) in [5.74, 6) is -2.79. The van der Waals surface area contributed by atoms with Crippen LogP contribution in [0.5, 0.6) is 11.5 Å². The second-order valence-corrected chi connectivity index (χ2v) is 9.66. The molecular weight excluding hydrogens is 544 g/mol. The quantitative estimate of drug-likeness (QED) is 0.323. The first-order chi connectivity index (χ1) is 15.7. The third-order valence-corrected chi connectivity index (χ3v) is 7.59. The Labute approximate surface area is 205 Å². The highest BCUT2D eigenvalue weighted by molar-refractivity contribution is 14.1. The van der Waals surface area contributed by atoms with Crippen molar-refractivity contribution in [2.24, 2.45) is 17.8 Å². The number of hydrogen-bond donors (Lipinski definition) is 2. The number of carbonyl (C=O) groups is 3. The Morgan fingerprint density at radius 3 is 2.64 bits per heavy atom. The van der Waals surface area contributed by atoms with E-state index < -0.39 is 48.9 Å². The van der Waals surface area contributed by atoms with Gasteiger partial charge in [0.05, 0.1) is 35.7 Å². The molecule has 1 aromatic carbocycles. The molecule has 2 heterocycles. The van der Waals surface area contributed by atoms with Crippen LogP contribution in [-0.2, 0) is 19.0 Å². The van der Waals surface area contributed by atoms with Crippen LogP contribution in [0.4, 0.5) is 4.79 Å². The highest BCUT2D eigenvalue weighted by Gasteiger charge is 2.59. The number of allylic oxidation sites excluding steroid dienone is 2. The van der Waals surface area contributed by atoms with E-state index in [4.69, 9.17) is 9.39 Å². The molecule has 3 aliphatic rings. The summed E-state index contributed by atoms with van der Waals surface area (Å²) >= 11 is 1.98. The lowest BCUT2D eigenvalue weighted by Gasteiger charge is -2.42. The molecule has 1 aromatic rings. The van der Waals surface area contributed by atoms with Crippen LogP contribution in [0.3, 0.4) is 0 Å². The summed E-state index contributed by atoms with van der Waals surface area (Å²) in [6.45, 7) is 2.00. The summed E-state index contributed by atoms with van der Waals surface area (Å²) in [5, 5.41) is 21.2. The van der Waals surface area contributed by atoms with Gasteiger partial charge in [-0.15, -0.1) is 0 Å². The fourth-order valence-electron chi connectivity index (χ4n) is 5.37. The van der Waals surface area contributed by atoms with Crippen LogP contribution in [0.1, 0.15) is 44.3 Å². The SMILES string of the molecule is CCCC1=C2B(O)O[C@H](c3cc(I)c(O)c(OC)c3)C[C@H]2[C@H]2C(=O)N(C(=O)OC)C(=O)[C@H]2C1. The summed E-state index contributed by atoms with van der Waals surface area (Å²) in [7, 11) is 1.33. The number of aromatic hydroxyl groups is 1. The Balaban J connectivity index is 1.76. The van der Waals surface area contributed by atoms with E-state index in [9.17, 15) is 24.5 Å². The molecule has 176 valence electrons. The number of hydrogen-bond acceptors (Lipinski definition) is 8. The zero-order valence-corrected chi connectivity index (χ0v) is 20.7. The number of benzene rings is 1. The number of methoxy groups -OCH3 is 2. The number of likely N-dealkylation sites (tertiary alicyclic amines) is 1. The molecule has 0 unspecified atom stereocenters. The van der Waals surface area contributed by atoms with Crippen molar-refractivity contribution in [3.8, 4) is 11.5 Å². The Morgan fingerprint density at radius 1 is 1.27 bits per heavy atom. The van der Waals surface area contributed by atoms with E-state index in [2.05, 4.69) is 4.74 Å². The number of imide groups is 3. The lowest BCUT2D eigenvalue weighted by atomic mass is 9.54. The molecule has 0 spiro atoms. The maximum Gasteiger partial charge on any atom is 0.487 e. The zero-order valence-electron chi connectivity index (χ0n) is 18.5. The predicted molar refractivity (Wildman–Crippen MR) is 125 cm³/mol. The molecule has 4 rings (SSSR count). The lowest BCUT2D eigenvalue weighted by Crippen LogP contribution is -2.45. The van der Waals surface area contributed by atoms with Crippen LogP contribution >= 0.6 is 22.6 Å². The van der Waals surface area contributed by atoms with Crippen LogP contribution in [0.25, 0.3) is 0 Å². The van der Waals surface area contributed by atoms with Gasteiger partial charge in [-0.2, -0.15) is 4.90 Å². The second-order valence-electron chi connectivity index (χ2n) is 8.50. The second kappa shape index (κ2) is 9.26. The van der Waals surface area contributed by atoms with E-state index in [1.54, 1.807) is 12.1 Å². The first-order valence-corrected chi connectivity index (χ1v) is 11.9. The molecule has 0 bridgehead atoms. The van der Waals surface area contributed by atoms with Crippen LogP contribution in [0.2, 0.25) is 0 Å². The van der Waals surface area contributed by atoms with E-state index in [-0.39, 0.29) is 11.5 Å². The van der Waals surface area contributed by atoms with Crippen molar-refractivity contribution in [1.82, 2.24) is 4.90 Å². The minimum absolute atomic E-state index is 0.00652.